The van der Waals surface area contributed by atoms with Crippen molar-refractivity contribution < 1.29 is 33.2 Å². The second kappa shape index (κ2) is 19.5. The van der Waals surface area contributed by atoms with E-state index in [1.165, 1.54) is 0 Å². The largest absolute Gasteiger partial charge is 0.489 e. The van der Waals surface area contributed by atoms with Crippen LogP contribution in [0.4, 0.5) is 0 Å². The molecule has 3 saturated carbocycles. The normalized spacial score (nSPS) is 22.5. The van der Waals surface area contributed by atoms with Gasteiger partial charge in [0.15, 0.2) is 0 Å². The van der Waals surface area contributed by atoms with Crippen LogP contribution in [0, 0.1) is 29.1 Å². The molecule has 3 N–H and O–H groups in total. The molecular formula is C51H64BN3O7. The Morgan fingerprint density at radius 1 is 0.710 bits per heavy atom. The Balaban J connectivity index is 1.04. The van der Waals surface area contributed by atoms with Gasteiger partial charge in [0, 0.05) is 6.42 Å². The third-order valence-electron chi connectivity index (χ3n) is 13.4. The van der Waals surface area contributed by atoms with Crippen molar-refractivity contribution in [3.05, 3.63) is 131 Å². The van der Waals surface area contributed by atoms with Crippen molar-refractivity contribution >= 4 is 24.8 Å². The van der Waals surface area contributed by atoms with Crippen LogP contribution in [0.25, 0.3) is 0 Å². The zero-order valence-electron chi connectivity index (χ0n) is 37.4. The molecule has 11 heteroatoms. The summed E-state index contributed by atoms with van der Waals surface area (Å²) in [5.74, 6) is 0.827. The fourth-order valence-electron chi connectivity index (χ4n) is 9.70. The Labute approximate surface area is 368 Å². The first-order valence-electron chi connectivity index (χ1n) is 22.4. The highest BCUT2D eigenvalue weighted by Gasteiger charge is 2.68. The number of carbonyl (C=O) groups excluding carboxylic acids is 3. The average Bonchev–Trinajstić information content (AvgIpc) is 3.62. The molecule has 4 aromatic carbocycles. The van der Waals surface area contributed by atoms with Gasteiger partial charge in [-0.15, -0.1) is 0 Å². The van der Waals surface area contributed by atoms with Crippen molar-refractivity contribution in [3.63, 3.8) is 0 Å². The summed E-state index contributed by atoms with van der Waals surface area (Å²) in [6.45, 7) is 15.7. The number of ether oxygens (including phenoxy) is 2. The van der Waals surface area contributed by atoms with Gasteiger partial charge in [-0.2, -0.15) is 0 Å². The molecule has 4 aliphatic rings. The number of benzene rings is 4. The maximum atomic E-state index is 14.4. The van der Waals surface area contributed by atoms with Crippen molar-refractivity contribution in [2.75, 3.05) is 0 Å². The van der Waals surface area contributed by atoms with Gasteiger partial charge in [-0.25, -0.2) is 0 Å². The predicted octanol–water partition coefficient (Wildman–Crippen LogP) is 8.05. The van der Waals surface area contributed by atoms with Crippen LogP contribution in [0.5, 0.6) is 11.5 Å². The van der Waals surface area contributed by atoms with Crippen LogP contribution in [-0.2, 0) is 49.7 Å². The third kappa shape index (κ3) is 10.7. The minimum Gasteiger partial charge on any atom is -0.489 e. The topological polar surface area (TPSA) is 124 Å². The molecule has 3 aliphatic carbocycles. The Morgan fingerprint density at radius 3 is 1.95 bits per heavy atom. The van der Waals surface area contributed by atoms with Gasteiger partial charge < -0.3 is 34.7 Å². The number of hydrogen-bond acceptors (Lipinski definition) is 7. The highest BCUT2D eigenvalue weighted by molar-refractivity contribution is 6.48. The van der Waals surface area contributed by atoms with Gasteiger partial charge in [-0.3, -0.25) is 14.4 Å². The molecule has 1 saturated heterocycles. The summed E-state index contributed by atoms with van der Waals surface area (Å²) in [5, 5.41) is 9.29. The van der Waals surface area contributed by atoms with Crippen molar-refractivity contribution in [2.45, 2.75) is 124 Å². The summed E-state index contributed by atoms with van der Waals surface area (Å²) < 4.78 is 25.5. The monoisotopic (exact) mass is 841 g/mol. The van der Waals surface area contributed by atoms with E-state index in [0.717, 1.165) is 35.1 Å². The molecule has 10 nitrogen and oxygen atoms in total. The van der Waals surface area contributed by atoms with E-state index in [1.807, 2.05) is 123 Å². The lowest BCUT2D eigenvalue weighted by molar-refractivity contribution is -0.199. The van der Waals surface area contributed by atoms with E-state index in [1.54, 1.807) is 0 Å². The quantitative estimate of drug-likeness (QED) is 0.0817. The van der Waals surface area contributed by atoms with E-state index in [-0.39, 0.29) is 48.0 Å². The first kappa shape index (κ1) is 44.9. The van der Waals surface area contributed by atoms with E-state index in [0.29, 0.717) is 43.0 Å². The predicted molar refractivity (Wildman–Crippen MR) is 242 cm³/mol. The Kier molecular flexibility index (Phi) is 14.1. The van der Waals surface area contributed by atoms with Gasteiger partial charge in [0.05, 0.1) is 24.1 Å². The van der Waals surface area contributed by atoms with E-state index >= 15 is 0 Å². The summed E-state index contributed by atoms with van der Waals surface area (Å²) in [6.07, 6.45) is 2.95. The zero-order chi connectivity index (χ0) is 44.0. The molecule has 4 aromatic rings. The van der Waals surface area contributed by atoms with Crippen LogP contribution < -0.4 is 25.4 Å². The molecule has 0 unspecified atom stereocenters. The first-order valence-corrected chi connectivity index (χ1v) is 22.4. The summed E-state index contributed by atoms with van der Waals surface area (Å²) >= 11 is 0. The number of rotatable bonds is 19. The molecule has 62 heavy (non-hydrogen) atoms. The summed E-state index contributed by atoms with van der Waals surface area (Å²) in [5.41, 5.74) is 3.44. The fourth-order valence-corrected chi connectivity index (χ4v) is 9.70. The van der Waals surface area contributed by atoms with E-state index < -0.39 is 36.7 Å². The number of amides is 3. The van der Waals surface area contributed by atoms with Gasteiger partial charge in [-0.1, -0.05) is 126 Å². The molecule has 0 radical (unpaired) electrons. The SMILES string of the molecule is CC(C)C[C@H](NC(=O)[C@@H](NC(=O)[C@H](Cc1ccc(OCc2ccccc2)cc1)NC(=O)Cc1cccc(OCc2ccccc2)c1)C(C)C)B1O[C@@H]2C[C@@H]3C[C@@H](C3(C)C)[C@]2(C)O1. The molecule has 2 bridgehead atoms. The molecule has 328 valence electrons. The fraction of sp³-hybridized carbons (Fsp3) is 0.471. The molecule has 1 heterocycles. The molecule has 0 aromatic heterocycles. The maximum absolute atomic E-state index is 14.4. The van der Waals surface area contributed by atoms with Crippen molar-refractivity contribution in [3.8, 4) is 11.5 Å². The van der Waals surface area contributed by atoms with Gasteiger partial charge in [0.1, 0.15) is 36.8 Å². The van der Waals surface area contributed by atoms with Crippen molar-refractivity contribution in [2.24, 2.45) is 29.1 Å². The summed E-state index contributed by atoms with van der Waals surface area (Å²) in [4.78, 5) is 42.5. The molecule has 0 spiro atoms. The zero-order valence-corrected chi connectivity index (χ0v) is 37.4. The number of nitrogens with one attached hydrogen (secondary N) is 3. The lowest BCUT2D eigenvalue weighted by atomic mass is 9.43. The standard InChI is InChI=1S/C51H64BN3O7/c1-33(2)25-45(52-61-44-30-39-29-43(50(39,5)6)51(44,7)62-52)54-49(58)47(34(3)4)55-48(57)42(27-35-21-23-40(24-22-35)59-31-36-15-10-8-11-16-36)53-46(56)28-38-19-14-20-41(26-38)60-32-37-17-12-9-13-18-37/h8-24,26,33-34,39,42-45,47H,25,27-32H2,1-7H3,(H,53,56)(H,54,58)(H,55,57)/t39-,42-,43-,44+,45-,47-,51-/m0/s1. The minimum absolute atomic E-state index is 0.0189. The van der Waals surface area contributed by atoms with Gasteiger partial charge in [-0.05, 0) is 102 Å². The molecule has 7 atom stereocenters. The summed E-state index contributed by atoms with van der Waals surface area (Å²) in [7, 11) is -0.594. The second-order valence-electron chi connectivity index (χ2n) is 19.2. The lowest BCUT2D eigenvalue weighted by Gasteiger charge is -2.64. The van der Waals surface area contributed by atoms with Crippen LogP contribution in [-0.4, -0.2) is 54.6 Å². The highest BCUT2D eigenvalue weighted by atomic mass is 16.7. The smallest absolute Gasteiger partial charge is 0.481 e. The second-order valence-corrected chi connectivity index (χ2v) is 19.2. The van der Waals surface area contributed by atoms with Gasteiger partial charge in [0.25, 0.3) is 0 Å². The number of carbonyl (C=O) groups is 3. The molecule has 8 rings (SSSR count). The lowest BCUT2D eigenvalue weighted by Crippen LogP contribution is -2.65. The van der Waals surface area contributed by atoms with Crippen LogP contribution in [0.1, 0.15) is 90.0 Å². The van der Waals surface area contributed by atoms with Crippen LogP contribution >= 0.6 is 0 Å². The van der Waals surface area contributed by atoms with Gasteiger partial charge in [0.2, 0.25) is 17.7 Å². The van der Waals surface area contributed by atoms with Crippen molar-refractivity contribution in [1.82, 2.24) is 16.0 Å². The molecular weight excluding hydrogens is 777 g/mol. The Morgan fingerprint density at radius 2 is 1.34 bits per heavy atom. The Bertz CT molecular complexity index is 2130. The van der Waals surface area contributed by atoms with Crippen LogP contribution in [0.15, 0.2) is 109 Å². The van der Waals surface area contributed by atoms with Crippen molar-refractivity contribution in [1.29, 1.82) is 0 Å². The van der Waals surface area contributed by atoms with Gasteiger partial charge >= 0.3 is 7.12 Å². The molecule has 3 amide bonds. The number of hydrogen-bond donors (Lipinski definition) is 3. The average molecular weight is 842 g/mol. The van der Waals surface area contributed by atoms with Crippen LogP contribution in [0.2, 0.25) is 0 Å². The summed E-state index contributed by atoms with van der Waals surface area (Å²) in [6, 6.07) is 32.9. The molecule has 4 fully saturated rings. The maximum Gasteiger partial charge on any atom is 0.481 e. The highest BCUT2D eigenvalue weighted by Crippen LogP contribution is 2.65. The molecule has 1 aliphatic heterocycles. The first-order chi connectivity index (χ1) is 29.7. The third-order valence-corrected chi connectivity index (χ3v) is 13.4. The van der Waals surface area contributed by atoms with E-state index in [2.05, 4.69) is 50.6 Å². The minimum atomic E-state index is -0.976. The van der Waals surface area contributed by atoms with E-state index in [9.17, 15) is 14.4 Å². The van der Waals surface area contributed by atoms with Crippen LogP contribution in [0.3, 0.4) is 0 Å². The van der Waals surface area contributed by atoms with E-state index in [4.69, 9.17) is 18.8 Å². The Hall–Kier alpha value is -5.13.